The molecule has 3 nitrogen and oxygen atoms in total. The Hall–Kier alpha value is -0.550. The number of rotatable bonds is 1. The summed E-state index contributed by atoms with van der Waals surface area (Å²) in [7, 11) is 0. The minimum absolute atomic E-state index is 0.00606. The Labute approximate surface area is 85.3 Å². The Morgan fingerprint density at radius 2 is 1.67 bits per heavy atom. The molecule has 1 N–H and O–H groups in total. The third-order valence-electron chi connectivity index (χ3n) is 1.25. The first-order valence-corrected chi connectivity index (χ1v) is 4.50. The lowest BCUT2D eigenvalue weighted by molar-refractivity contribution is 0.0573. The molecular formula is C7H3Br2O3. The molecule has 0 fully saturated rings. The van der Waals surface area contributed by atoms with Crippen molar-refractivity contribution >= 4 is 37.8 Å². The number of hydrogen-bond donors (Lipinski definition) is 1. The van der Waals surface area contributed by atoms with Crippen molar-refractivity contribution in [3.8, 4) is 5.75 Å². The summed E-state index contributed by atoms with van der Waals surface area (Å²) in [5, 5.41) is 19.6. The molecule has 12 heavy (non-hydrogen) atoms. The lowest BCUT2D eigenvalue weighted by Crippen LogP contribution is -1.93. The monoisotopic (exact) mass is 293 g/mol. The van der Waals surface area contributed by atoms with Crippen LogP contribution in [0.3, 0.4) is 0 Å². The molecule has 0 atom stereocenters. The molecule has 0 heterocycles. The van der Waals surface area contributed by atoms with E-state index in [1.54, 1.807) is 0 Å². The minimum Gasteiger partial charge on any atom is -0.506 e. The Balaban J connectivity index is 3.31. The van der Waals surface area contributed by atoms with Gasteiger partial charge in [-0.3, -0.25) is 0 Å². The average molecular weight is 295 g/mol. The van der Waals surface area contributed by atoms with Crippen molar-refractivity contribution in [1.29, 1.82) is 0 Å². The van der Waals surface area contributed by atoms with Gasteiger partial charge in [0.15, 0.2) is 0 Å². The zero-order valence-electron chi connectivity index (χ0n) is 5.67. The van der Waals surface area contributed by atoms with Crippen LogP contribution in [0, 0.1) is 0 Å². The van der Waals surface area contributed by atoms with Crippen LogP contribution in [0.1, 0.15) is 10.4 Å². The summed E-state index contributed by atoms with van der Waals surface area (Å²) < 4.78 is 0.632. The van der Waals surface area contributed by atoms with Crippen molar-refractivity contribution in [2.45, 2.75) is 0 Å². The maximum absolute atomic E-state index is 10.4. The largest absolute Gasteiger partial charge is 0.506 e. The van der Waals surface area contributed by atoms with Gasteiger partial charge in [0.25, 0.3) is 0 Å². The fourth-order valence-electron chi connectivity index (χ4n) is 0.683. The average Bonchev–Trinajstić information content (AvgIpc) is 1.99. The molecule has 1 rings (SSSR count). The van der Waals surface area contributed by atoms with Crippen LogP contribution in [0.2, 0.25) is 0 Å². The van der Waals surface area contributed by atoms with Gasteiger partial charge in [0.2, 0.25) is 0 Å². The SMILES string of the molecule is [O]C(=O)c1cc(Br)c(O)c(Br)c1. The van der Waals surface area contributed by atoms with Crippen LogP contribution in [0.5, 0.6) is 5.75 Å². The number of carbonyl (C=O) groups is 1. The van der Waals surface area contributed by atoms with E-state index in [2.05, 4.69) is 31.9 Å². The van der Waals surface area contributed by atoms with Gasteiger partial charge in [-0.05, 0) is 44.0 Å². The Morgan fingerprint density at radius 1 is 1.25 bits per heavy atom. The van der Waals surface area contributed by atoms with Gasteiger partial charge in [-0.1, -0.05) is 0 Å². The topological polar surface area (TPSA) is 57.2 Å². The van der Waals surface area contributed by atoms with Crippen molar-refractivity contribution in [3.05, 3.63) is 26.6 Å². The standard InChI is InChI=1S/C7H3Br2O3/c8-4-1-3(7(11)12)2-5(9)6(4)10/h1-2,10H. The lowest BCUT2D eigenvalue weighted by Gasteiger charge is -2.00. The zero-order chi connectivity index (χ0) is 9.30. The van der Waals surface area contributed by atoms with E-state index in [4.69, 9.17) is 0 Å². The summed E-state index contributed by atoms with van der Waals surface area (Å²) in [6.45, 7) is 0. The van der Waals surface area contributed by atoms with Gasteiger partial charge in [-0.25, -0.2) is 9.90 Å². The maximum Gasteiger partial charge on any atom is 0.386 e. The van der Waals surface area contributed by atoms with Gasteiger partial charge in [0, 0.05) is 0 Å². The third kappa shape index (κ3) is 1.78. The van der Waals surface area contributed by atoms with E-state index in [0.29, 0.717) is 8.95 Å². The van der Waals surface area contributed by atoms with Gasteiger partial charge in [-0.15, -0.1) is 0 Å². The predicted molar refractivity (Wildman–Crippen MR) is 48.5 cm³/mol. The highest BCUT2D eigenvalue weighted by Gasteiger charge is 2.11. The number of halogens is 2. The molecule has 0 unspecified atom stereocenters. The molecule has 0 aliphatic rings. The molecule has 0 bridgehead atoms. The van der Waals surface area contributed by atoms with E-state index in [0.717, 1.165) is 0 Å². The molecule has 1 radical (unpaired) electrons. The smallest absolute Gasteiger partial charge is 0.386 e. The molecule has 0 aliphatic carbocycles. The van der Waals surface area contributed by atoms with Crippen molar-refractivity contribution in [2.75, 3.05) is 0 Å². The molecule has 0 aromatic heterocycles. The number of phenols is 1. The maximum atomic E-state index is 10.4. The third-order valence-corrected chi connectivity index (χ3v) is 2.46. The molecule has 0 amide bonds. The number of carbonyl (C=O) groups excluding carboxylic acids is 1. The quantitative estimate of drug-likeness (QED) is 0.865. The normalized spacial score (nSPS) is 9.83. The molecule has 0 saturated carbocycles. The van der Waals surface area contributed by atoms with E-state index >= 15 is 0 Å². The molecule has 0 spiro atoms. The highest BCUT2D eigenvalue weighted by molar-refractivity contribution is 9.11. The molecule has 5 heteroatoms. The molecule has 0 aliphatic heterocycles. The van der Waals surface area contributed by atoms with Crippen molar-refractivity contribution in [3.63, 3.8) is 0 Å². The molecule has 1 aromatic carbocycles. The van der Waals surface area contributed by atoms with E-state index in [1.165, 1.54) is 12.1 Å². The minimum atomic E-state index is -1.28. The van der Waals surface area contributed by atoms with Crippen molar-refractivity contribution < 1.29 is 15.0 Å². The fourth-order valence-corrected chi connectivity index (χ4v) is 1.87. The second-order valence-corrected chi connectivity index (χ2v) is 3.78. The number of hydrogen-bond acceptors (Lipinski definition) is 2. The summed E-state index contributed by atoms with van der Waals surface area (Å²) in [6.07, 6.45) is 0. The van der Waals surface area contributed by atoms with E-state index in [-0.39, 0.29) is 11.3 Å². The van der Waals surface area contributed by atoms with Crippen LogP contribution < -0.4 is 0 Å². The molecular weight excluding hydrogens is 292 g/mol. The second-order valence-electron chi connectivity index (χ2n) is 2.08. The number of aromatic hydroxyl groups is 1. The van der Waals surface area contributed by atoms with Crippen LogP contribution in [0.15, 0.2) is 21.1 Å². The Kier molecular flexibility index (Phi) is 2.74. The zero-order valence-corrected chi connectivity index (χ0v) is 8.85. The van der Waals surface area contributed by atoms with Crippen LogP contribution in [0.4, 0.5) is 0 Å². The van der Waals surface area contributed by atoms with Crippen LogP contribution >= 0.6 is 31.9 Å². The molecule has 63 valence electrons. The van der Waals surface area contributed by atoms with Gasteiger partial charge in [0.1, 0.15) is 5.75 Å². The van der Waals surface area contributed by atoms with Crippen LogP contribution in [-0.2, 0) is 5.11 Å². The van der Waals surface area contributed by atoms with Crippen LogP contribution in [-0.4, -0.2) is 11.1 Å². The van der Waals surface area contributed by atoms with Gasteiger partial charge < -0.3 is 5.11 Å². The first kappa shape index (κ1) is 9.54. The van der Waals surface area contributed by atoms with E-state index < -0.39 is 5.97 Å². The predicted octanol–water partition coefficient (Wildman–Crippen LogP) is 2.49. The summed E-state index contributed by atoms with van der Waals surface area (Å²) in [5.41, 5.74) is 0.00606. The van der Waals surface area contributed by atoms with Gasteiger partial charge >= 0.3 is 5.97 Å². The van der Waals surface area contributed by atoms with Crippen molar-refractivity contribution in [1.82, 2.24) is 0 Å². The summed E-state index contributed by atoms with van der Waals surface area (Å²) in [5.74, 6) is -1.31. The second kappa shape index (κ2) is 3.45. The summed E-state index contributed by atoms with van der Waals surface area (Å²) in [6, 6.07) is 2.55. The molecule has 0 saturated heterocycles. The first-order valence-electron chi connectivity index (χ1n) is 2.91. The van der Waals surface area contributed by atoms with Crippen LogP contribution in [0.25, 0.3) is 0 Å². The first-order chi connectivity index (χ1) is 5.52. The number of benzene rings is 1. The molecule has 1 aromatic rings. The Morgan fingerprint density at radius 3 is 2.00 bits per heavy atom. The summed E-state index contributed by atoms with van der Waals surface area (Å²) in [4.78, 5) is 10.4. The highest BCUT2D eigenvalue weighted by atomic mass is 79.9. The Bertz CT molecular complexity index is 312. The number of phenolic OH excluding ortho intramolecular Hbond substituents is 1. The fraction of sp³-hybridized carbons (Fsp3) is 0. The highest BCUT2D eigenvalue weighted by Crippen LogP contribution is 2.33. The van der Waals surface area contributed by atoms with E-state index in [1.807, 2.05) is 0 Å². The van der Waals surface area contributed by atoms with Crippen molar-refractivity contribution in [2.24, 2.45) is 0 Å². The van der Waals surface area contributed by atoms with E-state index in [9.17, 15) is 15.0 Å². The van der Waals surface area contributed by atoms with Gasteiger partial charge in [-0.2, -0.15) is 0 Å². The lowest BCUT2D eigenvalue weighted by atomic mass is 10.2. The summed E-state index contributed by atoms with van der Waals surface area (Å²) >= 11 is 5.99. The van der Waals surface area contributed by atoms with Gasteiger partial charge in [0.05, 0.1) is 14.5 Å².